The van der Waals surface area contributed by atoms with Gasteiger partial charge < -0.3 is 19.2 Å². The molecule has 0 unspecified atom stereocenters. The first-order chi connectivity index (χ1) is 14.1. The predicted molar refractivity (Wildman–Crippen MR) is 109 cm³/mol. The first-order valence-electron chi connectivity index (χ1n) is 10.4. The van der Waals surface area contributed by atoms with Crippen molar-refractivity contribution in [2.24, 2.45) is 0 Å². The van der Waals surface area contributed by atoms with Gasteiger partial charge in [0.2, 0.25) is 0 Å². The molecule has 1 amide bonds. The molecular formula is C22H28N2O5. The third kappa shape index (κ3) is 4.62. The summed E-state index contributed by atoms with van der Waals surface area (Å²) in [5.74, 6) is 0.359. The van der Waals surface area contributed by atoms with Gasteiger partial charge in [-0.15, -0.1) is 0 Å². The molecule has 1 atom stereocenters. The maximum atomic E-state index is 12.3. The van der Waals surface area contributed by atoms with Gasteiger partial charge in [0.15, 0.2) is 6.10 Å². The molecule has 7 nitrogen and oxygen atoms in total. The van der Waals surface area contributed by atoms with Crippen LogP contribution >= 0.6 is 0 Å². The van der Waals surface area contributed by atoms with Crippen LogP contribution in [0.3, 0.4) is 0 Å². The van der Waals surface area contributed by atoms with Crippen molar-refractivity contribution in [3.63, 3.8) is 0 Å². The van der Waals surface area contributed by atoms with Gasteiger partial charge in [0.05, 0.1) is 13.2 Å². The number of carbonyl (C=O) groups is 1. The zero-order chi connectivity index (χ0) is 20.2. The number of ether oxygens (including phenoxy) is 2. The van der Waals surface area contributed by atoms with Gasteiger partial charge in [0.25, 0.3) is 5.91 Å². The molecule has 1 N–H and O–H groups in total. The summed E-state index contributed by atoms with van der Waals surface area (Å²) >= 11 is 0. The van der Waals surface area contributed by atoms with E-state index in [0.29, 0.717) is 17.9 Å². The average Bonchev–Trinajstić information content (AvgIpc) is 2.74. The number of morpholine rings is 1. The molecule has 0 radical (unpaired) electrons. The summed E-state index contributed by atoms with van der Waals surface area (Å²) in [6.07, 6.45) is 3.17. The first-order valence-corrected chi connectivity index (χ1v) is 10.4. The summed E-state index contributed by atoms with van der Waals surface area (Å²) in [6, 6.07) is 5.48. The molecule has 2 aromatic rings. The van der Waals surface area contributed by atoms with Crippen LogP contribution in [0.2, 0.25) is 0 Å². The van der Waals surface area contributed by atoms with Gasteiger partial charge in [0.1, 0.15) is 11.3 Å². The van der Waals surface area contributed by atoms with E-state index in [0.717, 1.165) is 75.0 Å². The Hall–Kier alpha value is -2.38. The van der Waals surface area contributed by atoms with Crippen molar-refractivity contribution in [2.75, 3.05) is 39.4 Å². The largest absolute Gasteiger partial charge is 0.481 e. The van der Waals surface area contributed by atoms with Crippen molar-refractivity contribution >= 4 is 16.9 Å². The molecule has 1 saturated heterocycles. The molecule has 156 valence electrons. The van der Waals surface area contributed by atoms with Crippen molar-refractivity contribution < 1.29 is 18.7 Å². The van der Waals surface area contributed by atoms with E-state index >= 15 is 0 Å². The van der Waals surface area contributed by atoms with Gasteiger partial charge in [-0.3, -0.25) is 9.69 Å². The van der Waals surface area contributed by atoms with Crippen LogP contribution in [-0.4, -0.2) is 56.3 Å². The molecule has 1 aromatic carbocycles. The molecule has 0 bridgehead atoms. The molecule has 4 rings (SSSR count). The van der Waals surface area contributed by atoms with Gasteiger partial charge in [-0.1, -0.05) is 0 Å². The van der Waals surface area contributed by atoms with Crippen molar-refractivity contribution in [3.05, 3.63) is 39.7 Å². The van der Waals surface area contributed by atoms with Gasteiger partial charge in [0, 0.05) is 43.2 Å². The van der Waals surface area contributed by atoms with Gasteiger partial charge >= 0.3 is 5.63 Å². The minimum absolute atomic E-state index is 0.162. The third-order valence-corrected chi connectivity index (χ3v) is 5.71. The Balaban J connectivity index is 1.38. The van der Waals surface area contributed by atoms with E-state index in [1.54, 1.807) is 13.0 Å². The number of rotatable bonds is 6. The van der Waals surface area contributed by atoms with Gasteiger partial charge in [-0.2, -0.15) is 0 Å². The number of hydrogen-bond acceptors (Lipinski definition) is 6. The highest BCUT2D eigenvalue weighted by atomic mass is 16.5. The lowest BCUT2D eigenvalue weighted by atomic mass is 9.91. The number of benzene rings is 1. The van der Waals surface area contributed by atoms with E-state index in [-0.39, 0.29) is 11.5 Å². The number of aryl methyl sites for hydroxylation is 1. The Bertz CT molecular complexity index is 933. The quantitative estimate of drug-likeness (QED) is 0.746. The SMILES string of the molecule is C[C@@H](Oc1ccc2c3c(c(=O)oc2c1)CCCC3)C(=O)NCCN1CCOCC1. The fourth-order valence-corrected chi connectivity index (χ4v) is 4.06. The summed E-state index contributed by atoms with van der Waals surface area (Å²) in [4.78, 5) is 26.9. The molecule has 0 spiro atoms. The van der Waals surface area contributed by atoms with Crippen LogP contribution in [-0.2, 0) is 22.4 Å². The molecule has 2 heterocycles. The topological polar surface area (TPSA) is 81.0 Å². The first kappa shape index (κ1) is 19.9. The summed E-state index contributed by atoms with van der Waals surface area (Å²) in [6.45, 7) is 6.38. The van der Waals surface area contributed by atoms with E-state index in [9.17, 15) is 9.59 Å². The van der Waals surface area contributed by atoms with Crippen LogP contribution in [0.4, 0.5) is 0 Å². The van der Waals surface area contributed by atoms with Gasteiger partial charge in [-0.05, 0) is 50.3 Å². The second-order valence-electron chi connectivity index (χ2n) is 7.72. The maximum Gasteiger partial charge on any atom is 0.339 e. The molecular weight excluding hydrogens is 372 g/mol. The second-order valence-corrected chi connectivity index (χ2v) is 7.72. The van der Waals surface area contributed by atoms with Crippen molar-refractivity contribution in [1.82, 2.24) is 10.2 Å². The number of hydrogen-bond donors (Lipinski definition) is 1. The monoisotopic (exact) mass is 400 g/mol. The van der Waals surface area contributed by atoms with E-state index in [2.05, 4.69) is 10.2 Å². The number of carbonyl (C=O) groups excluding carboxylic acids is 1. The van der Waals surface area contributed by atoms with Crippen LogP contribution in [0.1, 0.15) is 30.9 Å². The van der Waals surface area contributed by atoms with Crippen LogP contribution < -0.4 is 15.7 Å². The molecule has 29 heavy (non-hydrogen) atoms. The zero-order valence-electron chi connectivity index (χ0n) is 16.9. The number of fused-ring (bicyclic) bond motifs is 3. The zero-order valence-corrected chi connectivity index (χ0v) is 16.9. The molecule has 7 heteroatoms. The molecule has 0 saturated carbocycles. The highest BCUT2D eigenvalue weighted by Crippen LogP contribution is 2.29. The average molecular weight is 400 g/mol. The normalized spacial score (nSPS) is 18.2. The van der Waals surface area contributed by atoms with Crippen LogP contribution in [0.5, 0.6) is 5.75 Å². The standard InChI is InChI=1S/C22H28N2O5/c1-15(21(25)23-8-9-24-10-12-27-13-11-24)28-16-6-7-18-17-4-2-3-5-19(17)22(26)29-20(18)14-16/h6-7,14-15H,2-5,8-13H2,1H3,(H,23,25)/t15-/m1/s1. The molecule has 1 aromatic heterocycles. The number of amides is 1. The smallest absolute Gasteiger partial charge is 0.339 e. The van der Waals surface area contributed by atoms with E-state index < -0.39 is 6.10 Å². The lowest BCUT2D eigenvalue weighted by molar-refractivity contribution is -0.127. The van der Waals surface area contributed by atoms with E-state index in [1.165, 1.54) is 0 Å². The fourth-order valence-electron chi connectivity index (χ4n) is 4.06. The second kappa shape index (κ2) is 8.97. The number of nitrogens with zero attached hydrogens (tertiary/aromatic N) is 1. The van der Waals surface area contributed by atoms with E-state index in [1.807, 2.05) is 12.1 Å². The number of nitrogens with one attached hydrogen (secondary N) is 1. The summed E-state index contributed by atoms with van der Waals surface area (Å²) in [5.41, 5.74) is 2.18. The maximum absolute atomic E-state index is 12.3. The highest BCUT2D eigenvalue weighted by molar-refractivity contribution is 5.83. The Morgan fingerprint density at radius 1 is 1.21 bits per heavy atom. The minimum Gasteiger partial charge on any atom is -0.481 e. The Morgan fingerprint density at radius 3 is 2.76 bits per heavy atom. The van der Waals surface area contributed by atoms with Crippen molar-refractivity contribution in [3.8, 4) is 5.75 Å². The Kier molecular flexibility index (Phi) is 6.16. The molecule has 1 aliphatic heterocycles. The van der Waals surface area contributed by atoms with Crippen LogP contribution in [0.25, 0.3) is 11.0 Å². The highest BCUT2D eigenvalue weighted by Gasteiger charge is 2.20. The lowest BCUT2D eigenvalue weighted by Crippen LogP contribution is -2.43. The minimum atomic E-state index is -0.638. The summed E-state index contributed by atoms with van der Waals surface area (Å²) in [7, 11) is 0. The third-order valence-electron chi connectivity index (χ3n) is 5.71. The van der Waals surface area contributed by atoms with Crippen LogP contribution in [0, 0.1) is 0 Å². The van der Waals surface area contributed by atoms with Crippen LogP contribution in [0.15, 0.2) is 27.4 Å². The predicted octanol–water partition coefficient (Wildman–Crippen LogP) is 1.89. The van der Waals surface area contributed by atoms with E-state index in [4.69, 9.17) is 13.9 Å². The Morgan fingerprint density at radius 2 is 1.97 bits per heavy atom. The summed E-state index contributed by atoms with van der Waals surface area (Å²) < 4.78 is 16.7. The van der Waals surface area contributed by atoms with Crippen molar-refractivity contribution in [2.45, 2.75) is 38.7 Å². The van der Waals surface area contributed by atoms with Gasteiger partial charge in [-0.25, -0.2) is 4.79 Å². The lowest BCUT2D eigenvalue weighted by Gasteiger charge is -2.26. The van der Waals surface area contributed by atoms with Crippen molar-refractivity contribution in [1.29, 1.82) is 0 Å². The Labute approximate surface area is 170 Å². The molecule has 1 fully saturated rings. The fraction of sp³-hybridized carbons (Fsp3) is 0.545. The molecule has 2 aliphatic rings. The molecule has 1 aliphatic carbocycles. The summed E-state index contributed by atoms with van der Waals surface area (Å²) in [5, 5.41) is 3.88.